The minimum atomic E-state index is 0.637. The van der Waals surface area contributed by atoms with Crippen molar-refractivity contribution in [2.24, 2.45) is 0 Å². The SMILES string of the molecule is CNc1ncc(CNCc2ccccn2)cn1. The van der Waals surface area contributed by atoms with Gasteiger partial charge in [-0.15, -0.1) is 0 Å². The summed E-state index contributed by atoms with van der Waals surface area (Å²) >= 11 is 0. The van der Waals surface area contributed by atoms with E-state index >= 15 is 0 Å². The van der Waals surface area contributed by atoms with Gasteiger partial charge in [0.05, 0.1) is 5.69 Å². The van der Waals surface area contributed by atoms with E-state index in [-0.39, 0.29) is 0 Å². The molecule has 5 nitrogen and oxygen atoms in total. The Morgan fingerprint density at radius 1 is 1.06 bits per heavy atom. The molecule has 0 saturated carbocycles. The first kappa shape index (κ1) is 11.5. The molecule has 0 spiro atoms. The molecule has 0 aliphatic rings. The molecule has 0 fully saturated rings. The van der Waals surface area contributed by atoms with E-state index in [0.29, 0.717) is 5.95 Å². The second-order valence-corrected chi connectivity index (χ2v) is 3.59. The summed E-state index contributed by atoms with van der Waals surface area (Å²) in [5, 5.41) is 6.18. The fourth-order valence-electron chi connectivity index (χ4n) is 1.41. The lowest BCUT2D eigenvalue weighted by atomic mass is 10.3. The first-order valence-corrected chi connectivity index (χ1v) is 5.48. The zero-order valence-corrected chi connectivity index (χ0v) is 9.72. The Hall–Kier alpha value is -2.01. The van der Waals surface area contributed by atoms with Crippen LogP contribution in [0.15, 0.2) is 36.8 Å². The van der Waals surface area contributed by atoms with Gasteiger partial charge in [0.2, 0.25) is 5.95 Å². The van der Waals surface area contributed by atoms with Crippen LogP contribution in [0.1, 0.15) is 11.3 Å². The molecule has 0 aliphatic carbocycles. The maximum atomic E-state index is 4.23. The standard InChI is InChI=1S/C12H15N5/c1-13-12-16-7-10(8-17-12)6-14-9-11-4-2-3-5-15-11/h2-5,7-8,14H,6,9H2,1H3,(H,13,16,17). The van der Waals surface area contributed by atoms with Gasteiger partial charge in [-0.25, -0.2) is 9.97 Å². The second-order valence-electron chi connectivity index (χ2n) is 3.59. The summed E-state index contributed by atoms with van der Waals surface area (Å²) in [6, 6.07) is 5.89. The summed E-state index contributed by atoms with van der Waals surface area (Å²) in [5.41, 5.74) is 2.08. The quantitative estimate of drug-likeness (QED) is 0.806. The molecule has 0 aromatic carbocycles. The van der Waals surface area contributed by atoms with Gasteiger partial charge in [0.1, 0.15) is 0 Å². The molecular formula is C12H15N5. The van der Waals surface area contributed by atoms with E-state index in [1.807, 2.05) is 30.6 Å². The molecule has 2 heterocycles. The monoisotopic (exact) mass is 229 g/mol. The highest BCUT2D eigenvalue weighted by Crippen LogP contribution is 1.99. The Kier molecular flexibility index (Phi) is 3.99. The summed E-state index contributed by atoms with van der Waals surface area (Å²) in [7, 11) is 1.80. The summed E-state index contributed by atoms with van der Waals surface area (Å²) in [6.07, 6.45) is 5.41. The maximum absolute atomic E-state index is 4.23. The molecule has 0 atom stereocenters. The van der Waals surface area contributed by atoms with Crippen LogP contribution in [0.3, 0.4) is 0 Å². The van der Waals surface area contributed by atoms with Crippen LogP contribution in [0.2, 0.25) is 0 Å². The summed E-state index contributed by atoms with van der Waals surface area (Å²) in [4.78, 5) is 12.5. The third-order valence-electron chi connectivity index (χ3n) is 2.29. The van der Waals surface area contributed by atoms with Gasteiger partial charge >= 0.3 is 0 Å². The maximum Gasteiger partial charge on any atom is 0.222 e. The third kappa shape index (κ3) is 3.49. The van der Waals surface area contributed by atoms with Crippen molar-refractivity contribution >= 4 is 5.95 Å². The zero-order valence-electron chi connectivity index (χ0n) is 9.72. The smallest absolute Gasteiger partial charge is 0.222 e. The molecule has 17 heavy (non-hydrogen) atoms. The third-order valence-corrected chi connectivity index (χ3v) is 2.29. The Bertz CT molecular complexity index is 440. The van der Waals surface area contributed by atoms with Crippen LogP contribution >= 0.6 is 0 Å². The van der Waals surface area contributed by atoms with Gasteiger partial charge in [-0.3, -0.25) is 4.98 Å². The van der Waals surface area contributed by atoms with Crippen LogP contribution in [0, 0.1) is 0 Å². The first-order valence-electron chi connectivity index (χ1n) is 5.48. The van der Waals surface area contributed by atoms with Crippen molar-refractivity contribution in [3.63, 3.8) is 0 Å². The topological polar surface area (TPSA) is 62.7 Å². The number of nitrogens with zero attached hydrogens (tertiary/aromatic N) is 3. The summed E-state index contributed by atoms with van der Waals surface area (Å²) in [5.74, 6) is 0.637. The highest BCUT2D eigenvalue weighted by molar-refractivity contribution is 5.23. The van der Waals surface area contributed by atoms with Crippen LogP contribution < -0.4 is 10.6 Å². The van der Waals surface area contributed by atoms with Crippen molar-refractivity contribution in [1.82, 2.24) is 20.3 Å². The van der Waals surface area contributed by atoms with Crippen molar-refractivity contribution in [1.29, 1.82) is 0 Å². The fraction of sp³-hybridized carbons (Fsp3) is 0.250. The molecule has 0 saturated heterocycles. The molecule has 0 aliphatic heterocycles. The molecule has 0 amide bonds. The summed E-state index contributed by atoms with van der Waals surface area (Å²) in [6.45, 7) is 1.48. The van der Waals surface area contributed by atoms with Crippen LogP contribution in [0.4, 0.5) is 5.95 Å². The van der Waals surface area contributed by atoms with E-state index in [2.05, 4.69) is 25.6 Å². The molecule has 88 valence electrons. The van der Waals surface area contributed by atoms with Crippen molar-refractivity contribution in [2.45, 2.75) is 13.1 Å². The average molecular weight is 229 g/mol. The Morgan fingerprint density at radius 2 is 1.88 bits per heavy atom. The highest BCUT2D eigenvalue weighted by Gasteiger charge is 1.96. The van der Waals surface area contributed by atoms with E-state index in [9.17, 15) is 0 Å². The molecule has 2 rings (SSSR count). The number of hydrogen-bond acceptors (Lipinski definition) is 5. The van der Waals surface area contributed by atoms with Gasteiger partial charge in [-0.1, -0.05) is 6.07 Å². The molecule has 2 aromatic rings. The number of aromatic nitrogens is 3. The van der Waals surface area contributed by atoms with Gasteiger partial charge in [0.25, 0.3) is 0 Å². The van der Waals surface area contributed by atoms with E-state index in [4.69, 9.17) is 0 Å². The Morgan fingerprint density at radius 3 is 2.53 bits per heavy atom. The number of pyridine rings is 1. The van der Waals surface area contributed by atoms with E-state index in [1.165, 1.54) is 0 Å². The van der Waals surface area contributed by atoms with Crippen molar-refractivity contribution in [2.75, 3.05) is 12.4 Å². The summed E-state index contributed by atoms with van der Waals surface area (Å²) < 4.78 is 0. The minimum absolute atomic E-state index is 0.637. The van der Waals surface area contributed by atoms with E-state index in [0.717, 1.165) is 24.3 Å². The molecule has 2 N–H and O–H groups in total. The molecule has 0 radical (unpaired) electrons. The van der Waals surface area contributed by atoms with E-state index < -0.39 is 0 Å². The van der Waals surface area contributed by atoms with Gasteiger partial charge in [-0.2, -0.15) is 0 Å². The Balaban J connectivity index is 1.82. The molecule has 0 unspecified atom stereocenters. The number of hydrogen-bond donors (Lipinski definition) is 2. The predicted octanol–water partition coefficient (Wildman–Crippen LogP) is 1.20. The van der Waals surface area contributed by atoms with Crippen molar-refractivity contribution in [3.8, 4) is 0 Å². The van der Waals surface area contributed by atoms with E-state index in [1.54, 1.807) is 13.2 Å². The predicted molar refractivity (Wildman–Crippen MR) is 66.4 cm³/mol. The van der Waals surface area contributed by atoms with Gasteiger partial charge in [0.15, 0.2) is 0 Å². The van der Waals surface area contributed by atoms with Gasteiger partial charge < -0.3 is 10.6 Å². The lowest BCUT2D eigenvalue weighted by molar-refractivity contribution is 0.676. The van der Waals surface area contributed by atoms with Crippen LogP contribution in [-0.2, 0) is 13.1 Å². The number of rotatable bonds is 5. The molecule has 0 bridgehead atoms. The molecule has 5 heteroatoms. The van der Waals surface area contributed by atoms with Gasteiger partial charge in [-0.05, 0) is 12.1 Å². The van der Waals surface area contributed by atoms with Crippen LogP contribution in [0.25, 0.3) is 0 Å². The minimum Gasteiger partial charge on any atom is -0.357 e. The number of nitrogens with one attached hydrogen (secondary N) is 2. The van der Waals surface area contributed by atoms with Crippen molar-refractivity contribution in [3.05, 3.63) is 48.0 Å². The van der Waals surface area contributed by atoms with Gasteiger partial charge in [0, 0.05) is 44.3 Å². The van der Waals surface area contributed by atoms with Crippen LogP contribution in [-0.4, -0.2) is 22.0 Å². The largest absolute Gasteiger partial charge is 0.357 e. The number of anilines is 1. The van der Waals surface area contributed by atoms with Crippen LogP contribution in [0.5, 0.6) is 0 Å². The van der Waals surface area contributed by atoms with Crippen molar-refractivity contribution < 1.29 is 0 Å². The lowest BCUT2D eigenvalue weighted by Crippen LogP contribution is -2.14. The molecule has 2 aromatic heterocycles. The average Bonchev–Trinajstić information content (AvgIpc) is 2.41. The second kappa shape index (κ2) is 5.91. The first-order chi connectivity index (χ1) is 8.38. The highest BCUT2D eigenvalue weighted by atomic mass is 15.1. The lowest BCUT2D eigenvalue weighted by Gasteiger charge is -2.04. The fourth-order valence-corrected chi connectivity index (χ4v) is 1.41. The Labute approximate surface area is 100 Å². The zero-order chi connectivity index (χ0) is 11.9. The molecular weight excluding hydrogens is 214 g/mol. The normalized spacial score (nSPS) is 10.2.